The molecule has 1 aromatic rings. The van der Waals surface area contributed by atoms with Crippen molar-refractivity contribution in [2.75, 3.05) is 51.3 Å². The number of nitrogens with zero attached hydrogens (tertiary/aromatic N) is 5. The summed E-state index contributed by atoms with van der Waals surface area (Å²) in [5.74, 6) is 1.64. The van der Waals surface area contributed by atoms with Crippen LogP contribution < -0.4 is 4.90 Å². The molecule has 3 heterocycles. The van der Waals surface area contributed by atoms with Gasteiger partial charge in [-0.3, -0.25) is 4.90 Å². The third-order valence-corrected chi connectivity index (χ3v) is 5.36. The van der Waals surface area contributed by atoms with Gasteiger partial charge in [0.2, 0.25) is 5.89 Å². The first-order chi connectivity index (χ1) is 11.6. The van der Waals surface area contributed by atoms with Crippen LogP contribution in [0.1, 0.15) is 44.9 Å². The molecule has 2 aliphatic heterocycles. The van der Waals surface area contributed by atoms with Gasteiger partial charge in [0.25, 0.3) is 5.95 Å². The highest BCUT2D eigenvalue weighted by molar-refractivity contribution is 5.30. The van der Waals surface area contributed by atoms with Gasteiger partial charge in [-0.05, 0) is 44.6 Å². The fraction of sp³-hybridized carbons (Fsp3) is 0.882. The summed E-state index contributed by atoms with van der Waals surface area (Å²) in [7, 11) is 2.20. The Labute approximate surface area is 144 Å². The van der Waals surface area contributed by atoms with Crippen LogP contribution in [0.5, 0.6) is 0 Å². The molecule has 2 aliphatic rings. The zero-order valence-corrected chi connectivity index (χ0v) is 15.2. The number of piperazine rings is 1. The smallest absolute Gasteiger partial charge is 0.266 e. The maximum Gasteiger partial charge on any atom is 0.266 e. The summed E-state index contributed by atoms with van der Waals surface area (Å²) in [6.07, 6.45) is 3.24. The summed E-state index contributed by atoms with van der Waals surface area (Å²) >= 11 is 0. The normalized spacial score (nSPS) is 24.9. The number of likely N-dealkylation sites (tertiary alicyclic amines) is 1. The lowest BCUT2D eigenvalue weighted by Gasteiger charge is -2.47. The topological polar surface area (TPSA) is 68.9 Å². The number of aromatic nitrogens is 2. The van der Waals surface area contributed by atoms with E-state index in [2.05, 4.69) is 45.7 Å². The highest BCUT2D eigenvalue weighted by Gasteiger charge is 2.34. The van der Waals surface area contributed by atoms with E-state index in [4.69, 9.17) is 4.52 Å². The molecule has 1 atom stereocenters. The molecule has 2 saturated heterocycles. The minimum absolute atomic E-state index is 0.227. The van der Waals surface area contributed by atoms with Crippen LogP contribution in [0, 0.1) is 0 Å². The molecular formula is C17H31N5O2. The Morgan fingerprint density at radius 2 is 1.96 bits per heavy atom. The van der Waals surface area contributed by atoms with E-state index < -0.39 is 0 Å². The third kappa shape index (κ3) is 3.90. The highest BCUT2D eigenvalue weighted by atomic mass is 16.5. The molecule has 24 heavy (non-hydrogen) atoms. The molecule has 1 aromatic heterocycles. The Bertz CT molecular complexity index is 513. The summed E-state index contributed by atoms with van der Waals surface area (Å²) in [6.45, 7) is 9.47. The standard InChI is InChI=1S/C17H31N5O2/c1-13(2)16-18-17(19-24-16)21-9-10-22(15(12-21)6-11-23)14-4-7-20(3)8-5-14/h13-15,23H,4-12H2,1-3H3/t15-/m1/s1. The Morgan fingerprint density at radius 1 is 1.21 bits per heavy atom. The van der Waals surface area contributed by atoms with E-state index in [9.17, 15) is 5.11 Å². The van der Waals surface area contributed by atoms with Crippen molar-refractivity contribution in [3.63, 3.8) is 0 Å². The minimum Gasteiger partial charge on any atom is -0.396 e. The zero-order valence-electron chi connectivity index (χ0n) is 15.2. The summed E-state index contributed by atoms with van der Waals surface area (Å²) in [5.41, 5.74) is 0. The summed E-state index contributed by atoms with van der Waals surface area (Å²) < 4.78 is 5.36. The Kier molecular flexibility index (Phi) is 5.73. The molecule has 1 N–H and O–H groups in total. The van der Waals surface area contributed by atoms with Crippen molar-refractivity contribution in [2.45, 2.75) is 51.1 Å². The fourth-order valence-corrected chi connectivity index (χ4v) is 3.85. The average Bonchev–Trinajstić information content (AvgIpc) is 3.06. The van der Waals surface area contributed by atoms with Crippen molar-refractivity contribution >= 4 is 5.95 Å². The molecule has 0 aliphatic carbocycles. The Balaban J connectivity index is 1.66. The van der Waals surface area contributed by atoms with E-state index in [1.165, 1.54) is 25.9 Å². The van der Waals surface area contributed by atoms with Gasteiger partial charge < -0.3 is 19.4 Å². The lowest BCUT2D eigenvalue weighted by molar-refractivity contribution is 0.0593. The van der Waals surface area contributed by atoms with Crippen molar-refractivity contribution in [3.05, 3.63) is 5.89 Å². The molecule has 7 heteroatoms. The zero-order chi connectivity index (χ0) is 17.1. The van der Waals surface area contributed by atoms with Gasteiger partial charge in [-0.2, -0.15) is 4.98 Å². The molecule has 0 bridgehead atoms. The van der Waals surface area contributed by atoms with Crippen LogP contribution in [0.4, 0.5) is 5.95 Å². The molecule has 0 spiro atoms. The molecule has 2 fully saturated rings. The van der Waals surface area contributed by atoms with Gasteiger partial charge in [-0.15, -0.1) is 0 Å². The fourth-order valence-electron chi connectivity index (χ4n) is 3.85. The Morgan fingerprint density at radius 3 is 2.58 bits per heavy atom. The van der Waals surface area contributed by atoms with Crippen molar-refractivity contribution in [2.24, 2.45) is 0 Å². The number of aliphatic hydroxyl groups excluding tert-OH is 1. The Hall–Kier alpha value is -1.18. The molecule has 136 valence electrons. The number of piperidine rings is 1. The molecule has 0 unspecified atom stereocenters. The van der Waals surface area contributed by atoms with E-state index in [0.717, 1.165) is 26.1 Å². The van der Waals surface area contributed by atoms with Gasteiger partial charge in [-0.25, -0.2) is 0 Å². The molecule has 0 radical (unpaired) electrons. The molecule has 3 rings (SSSR count). The average molecular weight is 337 g/mol. The second-order valence-electron chi connectivity index (χ2n) is 7.47. The van der Waals surface area contributed by atoms with E-state index >= 15 is 0 Å². The van der Waals surface area contributed by atoms with Gasteiger partial charge >= 0.3 is 0 Å². The van der Waals surface area contributed by atoms with Crippen LogP contribution in [0.15, 0.2) is 4.52 Å². The summed E-state index contributed by atoms with van der Waals surface area (Å²) in [5, 5.41) is 13.7. The van der Waals surface area contributed by atoms with Gasteiger partial charge in [0.1, 0.15) is 0 Å². The lowest BCUT2D eigenvalue weighted by atomic mass is 9.98. The predicted molar refractivity (Wildman–Crippen MR) is 93.3 cm³/mol. The molecule has 7 nitrogen and oxygen atoms in total. The SMILES string of the molecule is CC(C)c1nc(N2CCN(C3CCN(C)CC3)[C@H](CCO)C2)no1. The monoisotopic (exact) mass is 337 g/mol. The van der Waals surface area contributed by atoms with Crippen LogP contribution in [-0.4, -0.2) is 83.5 Å². The predicted octanol–water partition coefficient (Wildman–Crippen LogP) is 1.16. The van der Waals surface area contributed by atoms with Gasteiger partial charge in [0.05, 0.1) is 0 Å². The molecular weight excluding hydrogens is 306 g/mol. The van der Waals surface area contributed by atoms with E-state index in [0.29, 0.717) is 23.9 Å². The quantitative estimate of drug-likeness (QED) is 0.864. The van der Waals surface area contributed by atoms with E-state index in [-0.39, 0.29) is 12.5 Å². The number of hydrogen-bond acceptors (Lipinski definition) is 7. The molecule has 0 amide bonds. The van der Waals surface area contributed by atoms with Crippen molar-refractivity contribution < 1.29 is 9.63 Å². The minimum atomic E-state index is 0.227. The number of aliphatic hydroxyl groups is 1. The lowest BCUT2D eigenvalue weighted by Crippen LogP contribution is -2.58. The summed E-state index contributed by atoms with van der Waals surface area (Å²) in [4.78, 5) is 11.8. The van der Waals surface area contributed by atoms with Crippen LogP contribution >= 0.6 is 0 Å². The third-order valence-electron chi connectivity index (χ3n) is 5.36. The first kappa shape index (κ1) is 17.6. The van der Waals surface area contributed by atoms with Gasteiger partial charge in [0.15, 0.2) is 0 Å². The van der Waals surface area contributed by atoms with Gasteiger partial charge in [0, 0.05) is 44.2 Å². The number of anilines is 1. The first-order valence-corrected chi connectivity index (χ1v) is 9.22. The second-order valence-corrected chi connectivity index (χ2v) is 7.47. The summed E-state index contributed by atoms with van der Waals surface area (Å²) in [6, 6.07) is 0.995. The highest BCUT2D eigenvalue weighted by Crippen LogP contribution is 2.25. The second kappa shape index (κ2) is 7.80. The van der Waals surface area contributed by atoms with E-state index in [1.807, 2.05) is 0 Å². The number of hydrogen-bond donors (Lipinski definition) is 1. The first-order valence-electron chi connectivity index (χ1n) is 9.22. The van der Waals surface area contributed by atoms with Crippen molar-refractivity contribution in [3.8, 4) is 0 Å². The van der Waals surface area contributed by atoms with Crippen LogP contribution in [0.2, 0.25) is 0 Å². The van der Waals surface area contributed by atoms with Crippen LogP contribution in [-0.2, 0) is 0 Å². The maximum atomic E-state index is 9.51. The largest absolute Gasteiger partial charge is 0.396 e. The maximum absolute atomic E-state index is 9.51. The van der Waals surface area contributed by atoms with E-state index in [1.54, 1.807) is 0 Å². The molecule has 0 aromatic carbocycles. The van der Waals surface area contributed by atoms with Gasteiger partial charge in [-0.1, -0.05) is 13.8 Å². The molecule has 0 saturated carbocycles. The van der Waals surface area contributed by atoms with Crippen LogP contribution in [0.3, 0.4) is 0 Å². The van der Waals surface area contributed by atoms with Crippen LogP contribution in [0.25, 0.3) is 0 Å². The number of rotatable bonds is 5. The van der Waals surface area contributed by atoms with Crippen molar-refractivity contribution in [1.29, 1.82) is 0 Å². The van der Waals surface area contributed by atoms with Crippen molar-refractivity contribution in [1.82, 2.24) is 19.9 Å².